The van der Waals surface area contributed by atoms with Crippen molar-refractivity contribution in [3.05, 3.63) is 0 Å². The van der Waals surface area contributed by atoms with Crippen molar-refractivity contribution >= 4 is 27.0 Å². The van der Waals surface area contributed by atoms with Gasteiger partial charge in [0, 0.05) is 28.0 Å². The Balaban J connectivity index is 2.62. The molecule has 0 N–H and O–H groups in total. The molecule has 0 aliphatic heterocycles. The van der Waals surface area contributed by atoms with E-state index in [1.165, 1.54) is 21.1 Å². The van der Waals surface area contributed by atoms with Gasteiger partial charge in [-0.2, -0.15) is 3.35 Å². The second kappa shape index (κ2) is 1.20. The fraction of sp³-hybridized carbons (Fsp3) is 0.500. The third kappa shape index (κ3) is 0.693. The minimum atomic E-state index is 0.130. The smallest absolute Gasteiger partial charge is 0.247 e. The van der Waals surface area contributed by atoms with E-state index in [0.29, 0.717) is 0 Å². The van der Waals surface area contributed by atoms with Crippen molar-refractivity contribution in [2.75, 3.05) is 0 Å². The summed E-state index contributed by atoms with van der Waals surface area (Å²) in [4.78, 5) is 10.1. The molecule has 0 saturated carbocycles. The topological polar surface area (TPSA) is 22.0 Å². The van der Waals surface area contributed by atoms with Gasteiger partial charge in [0.1, 0.15) is 0 Å². The Morgan fingerprint density at radius 1 is 1.67 bits per heavy atom. The molecule has 0 aromatic carbocycles. The van der Waals surface area contributed by atoms with Crippen LogP contribution in [0.25, 0.3) is 0 Å². The number of hydrogen-bond acceptors (Lipinski definition) is 3. The molecule has 4 heteroatoms. The van der Waals surface area contributed by atoms with Crippen LogP contribution in [0.5, 0.6) is 0 Å². The first kappa shape index (κ1) is 4.08. The summed E-state index contributed by atoms with van der Waals surface area (Å²) in [6.45, 7) is 1.55. The summed E-state index contributed by atoms with van der Waals surface area (Å²) in [5.74, 6) is 0.130. The third-order valence-electron chi connectivity index (χ3n) is 0.406. The fourth-order valence-corrected chi connectivity index (χ4v) is 1.09. The first-order valence-electron chi connectivity index (χ1n) is 1.46. The molecule has 6 heavy (non-hydrogen) atoms. The zero-order valence-corrected chi connectivity index (χ0v) is 4.80. The molecule has 0 unspecified atom stereocenters. The van der Waals surface area contributed by atoms with Gasteiger partial charge < -0.3 is 0 Å². The van der Waals surface area contributed by atoms with Gasteiger partial charge in [-0.3, -0.25) is 4.79 Å². The molecule has 2 nitrogen and oxygen atoms in total. The maximum atomic E-state index is 10.1. The van der Waals surface area contributed by atoms with Gasteiger partial charge >= 0.3 is 0 Å². The molecule has 1 rings (SSSR count). The Morgan fingerprint density at radius 3 is 2.17 bits per heavy atom. The van der Waals surface area contributed by atoms with E-state index < -0.39 is 0 Å². The Kier molecular flexibility index (Phi) is 0.816. The second-order valence-corrected chi connectivity index (χ2v) is 3.08. The van der Waals surface area contributed by atoms with Crippen LogP contribution in [0, 0.1) is 0 Å². The molecule has 0 bridgehead atoms. The summed E-state index contributed by atoms with van der Waals surface area (Å²) in [6, 6.07) is 0. The van der Waals surface area contributed by atoms with Gasteiger partial charge in [0.25, 0.3) is 0 Å². The molecule has 1 heterocycles. The van der Waals surface area contributed by atoms with E-state index in [1.807, 2.05) is 0 Å². The van der Waals surface area contributed by atoms with Crippen LogP contribution >= 0.6 is 21.1 Å². The van der Waals surface area contributed by atoms with Gasteiger partial charge in [0.05, 0.1) is 0 Å². The zero-order chi connectivity index (χ0) is 4.57. The summed E-state index contributed by atoms with van der Waals surface area (Å²) in [5, 5.41) is 0. The summed E-state index contributed by atoms with van der Waals surface area (Å²) >= 11 is 0. The molecule has 34 valence electrons. The Bertz CT molecular complexity index is 129. The predicted molar refractivity (Wildman–Crippen MR) is 26.5 cm³/mol. The molecule has 0 fully saturated rings. The molecule has 0 saturated heterocycles. The van der Waals surface area contributed by atoms with Crippen molar-refractivity contribution in [3.8, 4) is 0 Å². The highest BCUT2D eigenvalue weighted by Gasteiger charge is 1.99. The molecule has 0 aliphatic carbocycles. The van der Waals surface area contributed by atoms with Crippen LogP contribution in [0.4, 0.5) is 0 Å². The number of carbonyl (C=O) groups is 1. The van der Waals surface area contributed by atoms with E-state index in [0.717, 1.165) is 0 Å². The lowest BCUT2D eigenvalue weighted by atomic mass is 10.8. The van der Waals surface area contributed by atoms with E-state index >= 15 is 0 Å². The highest BCUT2D eigenvalue weighted by molar-refractivity contribution is 7.77. The second-order valence-electron chi connectivity index (χ2n) is 0.925. The van der Waals surface area contributed by atoms with Crippen molar-refractivity contribution in [1.82, 2.24) is 3.35 Å². The van der Waals surface area contributed by atoms with Crippen LogP contribution < -0.4 is 0 Å². The molecular weight excluding hydrogens is 118 g/mol. The van der Waals surface area contributed by atoms with Crippen LogP contribution in [0.1, 0.15) is 11.7 Å². The van der Waals surface area contributed by atoms with Crippen molar-refractivity contribution in [3.63, 3.8) is 0 Å². The maximum absolute atomic E-state index is 10.1. The van der Waals surface area contributed by atoms with Gasteiger partial charge in [-0.25, -0.2) is 0 Å². The molecule has 1 aromatic heterocycles. The number of hydrogen-bond donors (Lipinski definition) is 0. The highest BCUT2D eigenvalue weighted by atomic mass is 33.0. The number of nitrogens with zero attached hydrogens (tertiary/aromatic N) is 1. The number of carbonyl (C=O) groups excluding carboxylic acids is 1. The molecule has 0 atom stereocenters. The Labute approximate surface area is 42.7 Å². The first-order chi connectivity index (χ1) is 2.80. The monoisotopic (exact) mass is 121 g/mol. The normalized spacial score (nSPS) is 9.50. The average Bonchev–Trinajstić information content (AvgIpc) is 2.06. The van der Waals surface area contributed by atoms with E-state index in [-0.39, 0.29) is 5.91 Å². The molecule has 0 amide bonds. The molecule has 0 radical (unpaired) electrons. The summed E-state index contributed by atoms with van der Waals surface area (Å²) in [7, 11) is 2.95. The number of rotatable bonds is 0. The predicted octanol–water partition coefficient (Wildman–Crippen LogP) is 1.27. The SMILES string of the molecule is CC(=O)n1ss1. The van der Waals surface area contributed by atoms with E-state index in [4.69, 9.17) is 0 Å². The Morgan fingerprint density at radius 2 is 2.17 bits per heavy atom. The minimum absolute atomic E-state index is 0.130. The fourth-order valence-electron chi connectivity index (χ4n) is 0.122. The number of aromatic nitrogens is 1. The molecule has 0 spiro atoms. The van der Waals surface area contributed by atoms with Crippen LogP contribution in [-0.4, -0.2) is 9.25 Å². The van der Waals surface area contributed by atoms with Gasteiger partial charge in [0.15, 0.2) is 0 Å². The van der Waals surface area contributed by atoms with E-state index in [9.17, 15) is 4.79 Å². The van der Waals surface area contributed by atoms with Crippen molar-refractivity contribution < 1.29 is 4.79 Å². The summed E-state index contributed by atoms with van der Waals surface area (Å²) in [6.07, 6.45) is 0. The van der Waals surface area contributed by atoms with E-state index in [1.54, 1.807) is 10.3 Å². The minimum Gasteiger partial charge on any atom is -0.273 e. The standard InChI is InChI=1S/C2H3NOS2/c1-2(4)3-5-6-3/h1H3. The van der Waals surface area contributed by atoms with Crippen LogP contribution in [-0.2, 0) is 0 Å². The lowest BCUT2D eigenvalue weighted by molar-refractivity contribution is 0.0961. The molecular formula is C2H3NOS2. The average molecular weight is 121 g/mol. The van der Waals surface area contributed by atoms with Crippen molar-refractivity contribution in [1.29, 1.82) is 0 Å². The first-order valence-corrected chi connectivity index (χ1v) is 3.52. The van der Waals surface area contributed by atoms with Gasteiger partial charge in [-0.1, -0.05) is 0 Å². The summed E-state index contributed by atoms with van der Waals surface area (Å²) < 4.78 is 1.61. The van der Waals surface area contributed by atoms with Gasteiger partial charge in [-0.15, -0.1) is 0 Å². The summed E-state index contributed by atoms with van der Waals surface area (Å²) in [5.41, 5.74) is 0. The van der Waals surface area contributed by atoms with E-state index in [2.05, 4.69) is 0 Å². The lowest BCUT2D eigenvalue weighted by Gasteiger charge is -1.69. The van der Waals surface area contributed by atoms with Crippen molar-refractivity contribution in [2.45, 2.75) is 6.92 Å². The van der Waals surface area contributed by atoms with Gasteiger partial charge in [0.2, 0.25) is 5.91 Å². The highest BCUT2D eigenvalue weighted by Crippen LogP contribution is 2.15. The lowest BCUT2D eigenvalue weighted by Crippen LogP contribution is -1.88. The van der Waals surface area contributed by atoms with Crippen LogP contribution in [0.3, 0.4) is 0 Å². The molecule has 0 aliphatic rings. The largest absolute Gasteiger partial charge is 0.273 e. The molecule has 1 aromatic rings. The maximum Gasteiger partial charge on any atom is 0.247 e. The Hall–Kier alpha value is -0.0900. The zero-order valence-electron chi connectivity index (χ0n) is 3.17. The van der Waals surface area contributed by atoms with Gasteiger partial charge in [-0.05, 0) is 0 Å². The van der Waals surface area contributed by atoms with Crippen LogP contribution in [0.15, 0.2) is 0 Å². The third-order valence-corrected chi connectivity index (χ3v) is 2.11. The quantitative estimate of drug-likeness (QED) is 0.474. The van der Waals surface area contributed by atoms with Crippen LogP contribution in [0.2, 0.25) is 0 Å². The van der Waals surface area contributed by atoms with Crippen molar-refractivity contribution in [2.24, 2.45) is 0 Å².